The van der Waals surface area contributed by atoms with Crippen molar-refractivity contribution in [3.05, 3.63) is 88.2 Å². The fourth-order valence-corrected chi connectivity index (χ4v) is 3.01. The van der Waals surface area contributed by atoms with E-state index in [2.05, 4.69) is 24.7 Å². The van der Waals surface area contributed by atoms with Crippen LogP contribution in [0.25, 0.3) is 34.6 Å². The van der Waals surface area contributed by atoms with Crippen molar-refractivity contribution in [2.45, 2.75) is 55.4 Å². The number of benzene rings is 1. The largest absolute Gasteiger partial charge is 0.268 e. The van der Waals surface area contributed by atoms with Gasteiger partial charge in [-0.25, -0.2) is 4.98 Å². The van der Waals surface area contributed by atoms with Gasteiger partial charge in [0.05, 0.1) is 11.4 Å². The first-order valence-electron chi connectivity index (χ1n) is 10.9. The molecule has 0 aliphatic carbocycles. The van der Waals surface area contributed by atoms with E-state index in [1.165, 1.54) is 0 Å². The molecule has 3 aromatic rings. The van der Waals surface area contributed by atoms with Crippen molar-refractivity contribution in [2.75, 3.05) is 0 Å². The van der Waals surface area contributed by atoms with Gasteiger partial charge in [-0.2, -0.15) is 0 Å². The van der Waals surface area contributed by atoms with E-state index < -0.39 is 0 Å². The second-order valence-corrected chi connectivity index (χ2v) is 6.28. The first kappa shape index (κ1) is 27.8. The highest BCUT2D eigenvalue weighted by molar-refractivity contribution is 5.90. The minimum atomic E-state index is -0.0343. The number of pyridine rings is 1. The fraction of sp³-hybridized carbons (Fsp3) is 0.286. The van der Waals surface area contributed by atoms with Gasteiger partial charge in [-0.3, -0.25) is 9.20 Å². The van der Waals surface area contributed by atoms with Gasteiger partial charge in [0, 0.05) is 16.3 Å². The summed E-state index contributed by atoms with van der Waals surface area (Å²) in [6.45, 7) is 26.7. The van der Waals surface area contributed by atoms with Crippen LogP contribution in [0.4, 0.5) is 0 Å². The lowest BCUT2D eigenvalue weighted by molar-refractivity contribution is 1.11. The molecule has 0 unspecified atom stereocenters. The molecule has 3 heteroatoms. The minimum absolute atomic E-state index is 0.0343. The van der Waals surface area contributed by atoms with Crippen LogP contribution < -0.4 is 10.8 Å². The Labute approximate surface area is 187 Å². The number of aromatic nitrogens is 2. The van der Waals surface area contributed by atoms with Gasteiger partial charge in [-0.15, -0.1) is 0 Å². The molecule has 0 spiro atoms. The number of hydrogen-bond donors (Lipinski definition) is 0. The van der Waals surface area contributed by atoms with Gasteiger partial charge in [-0.05, 0) is 51.1 Å². The summed E-state index contributed by atoms with van der Waals surface area (Å²) in [6, 6.07) is 5.82. The second-order valence-electron chi connectivity index (χ2n) is 6.28. The predicted molar refractivity (Wildman–Crippen MR) is 142 cm³/mol. The van der Waals surface area contributed by atoms with Crippen molar-refractivity contribution in [3.63, 3.8) is 0 Å². The lowest BCUT2D eigenvalue weighted by atomic mass is 10.1. The molecule has 0 saturated carbocycles. The van der Waals surface area contributed by atoms with Crippen LogP contribution in [0, 0.1) is 6.92 Å². The molecule has 3 rings (SSSR count). The van der Waals surface area contributed by atoms with Gasteiger partial charge in [-0.1, -0.05) is 83.4 Å². The zero-order chi connectivity index (χ0) is 24.1. The Balaban J connectivity index is 0.000000867. The molecule has 0 fully saturated rings. The predicted octanol–water partition coefficient (Wildman–Crippen LogP) is 7.15. The van der Waals surface area contributed by atoms with Crippen molar-refractivity contribution >= 4 is 34.6 Å². The Morgan fingerprint density at radius 2 is 1.68 bits per heavy atom. The molecule has 0 atom stereocenters. The lowest BCUT2D eigenvalue weighted by Gasteiger charge is -2.06. The van der Waals surface area contributed by atoms with Crippen molar-refractivity contribution in [3.8, 4) is 0 Å². The number of rotatable bonds is 3. The first-order valence-corrected chi connectivity index (χ1v) is 10.9. The third-order valence-electron chi connectivity index (χ3n) is 4.36. The number of aryl methyl sites for hydroxylation is 1. The van der Waals surface area contributed by atoms with Crippen LogP contribution in [0.5, 0.6) is 0 Å². The summed E-state index contributed by atoms with van der Waals surface area (Å²) in [6.07, 6.45) is 9.25. The highest BCUT2D eigenvalue weighted by atomic mass is 16.1. The Kier molecular flexibility index (Phi) is 12.5. The Morgan fingerprint density at radius 3 is 2.13 bits per heavy atom. The normalized spacial score (nSPS) is 10.5. The summed E-state index contributed by atoms with van der Waals surface area (Å²) in [5.41, 5.74) is 4.22. The molecule has 0 bridgehead atoms. The van der Waals surface area contributed by atoms with Crippen molar-refractivity contribution in [1.29, 1.82) is 0 Å². The molecule has 0 saturated heterocycles. The van der Waals surface area contributed by atoms with Crippen LogP contribution in [0.3, 0.4) is 0 Å². The number of hydrogen-bond acceptors (Lipinski definition) is 2. The van der Waals surface area contributed by atoms with E-state index >= 15 is 0 Å². The fourth-order valence-electron chi connectivity index (χ4n) is 3.01. The van der Waals surface area contributed by atoms with Crippen molar-refractivity contribution in [2.24, 2.45) is 0 Å². The zero-order valence-corrected chi connectivity index (χ0v) is 20.5. The molecule has 3 nitrogen and oxygen atoms in total. The van der Waals surface area contributed by atoms with Crippen LogP contribution in [-0.4, -0.2) is 9.38 Å². The summed E-state index contributed by atoms with van der Waals surface area (Å²) in [4.78, 5) is 17.6. The van der Waals surface area contributed by atoms with E-state index in [1.54, 1.807) is 16.6 Å². The van der Waals surface area contributed by atoms with E-state index in [0.29, 0.717) is 5.65 Å². The third kappa shape index (κ3) is 6.14. The molecule has 1 aromatic carbocycles. The van der Waals surface area contributed by atoms with E-state index in [-0.39, 0.29) is 5.56 Å². The standard InChI is InChI=1S/C19H18N2O.C5H8.2C2H6/c1-5-9-16-15(7-3)20-18-12(4)17-13(6-2)10-8-11-14(17)19(22)21(16)18;1-4-5(2)3;2*1-2/h5-11H,3H2,1-2,4H3;4H,1-2H2,3H3;2*1-2H3/b9-5-,13-6-;;;. The minimum Gasteiger partial charge on any atom is -0.268 e. The third-order valence-corrected chi connectivity index (χ3v) is 4.36. The summed E-state index contributed by atoms with van der Waals surface area (Å²) < 4.78 is 1.69. The van der Waals surface area contributed by atoms with E-state index in [1.807, 2.05) is 91.8 Å². The van der Waals surface area contributed by atoms with E-state index in [4.69, 9.17) is 0 Å². The first-order chi connectivity index (χ1) is 14.9. The quantitative estimate of drug-likeness (QED) is 0.423. The van der Waals surface area contributed by atoms with Crippen LogP contribution in [0.15, 0.2) is 60.5 Å². The molecule has 0 aliphatic rings. The van der Waals surface area contributed by atoms with E-state index in [0.717, 1.165) is 38.5 Å². The topological polar surface area (TPSA) is 34.4 Å². The number of nitrogens with zero attached hydrogens (tertiary/aromatic N) is 2. The van der Waals surface area contributed by atoms with Crippen LogP contribution in [0.2, 0.25) is 0 Å². The summed E-state index contributed by atoms with van der Waals surface area (Å²) >= 11 is 0. The average Bonchev–Trinajstić information content (AvgIpc) is 3.19. The maximum atomic E-state index is 13.0. The number of allylic oxidation sites excluding steroid dienone is 3. The van der Waals surface area contributed by atoms with Gasteiger partial charge in [0.15, 0.2) is 0 Å². The smallest absolute Gasteiger partial charge is 0.264 e. The summed E-state index contributed by atoms with van der Waals surface area (Å²) in [5, 5.41) is 2.76. The molecular weight excluding hydrogens is 380 g/mol. The number of fused-ring (bicyclic) bond motifs is 2. The van der Waals surface area contributed by atoms with Crippen LogP contribution in [-0.2, 0) is 0 Å². The number of imidazole rings is 1. The molecule has 31 heavy (non-hydrogen) atoms. The van der Waals surface area contributed by atoms with Gasteiger partial charge >= 0.3 is 0 Å². The highest BCUT2D eigenvalue weighted by Crippen LogP contribution is 2.21. The molecule has 0 aliphatic heterocycles. The Hall–Kier alpha value is -3.20. The molecule has 0 radical (unpaired) electrons. The van der Waals surface area contributed by atoms with Crippen LogP contribution >= 0.6 is 0 Å². The van der Waals surface area contributed by atoms with Crippen molar-refractivity contribution < 1.29 is 0 Å². The van der Waals surface area contributed by atoms with Gasteiger partial charge in [0.25, 0.3) is 5.56 Å². The summed E-state index contributed by atoms with van der Waals surface area (Å²) in [7, 11) is 0. The molecule has 166 valence electrons. The molecule has 0 amide bonds. The molecule has 0 N–H and O–H groups in total. The Bertz CT molecular complexity index is 1180. The highest BCUT2D eigenvalue weighted by Gasteiger charge is 2.16. The monoisotopic (exact) mass is 418 g/mol. The zero-order valence-electron chi connectivity index (χ0n) is 20.5. The second kappa shape index (κ2) is 13.9. The lowest BCUT2D eigenvalue weighted by Crippen LogP contribution is -2.18. The molecular formula is C28H38N2O. The van der Waals surface area contributed by atoms with Gasteiger partial charge < -0.3 is 0 Å². The molecule has 2 aromatic heterocycles. The summed E-state index contributed by atoms with van der Waals surface area (Å²) in [5.74, 6) is 0. The van der Waals surface area contributed by atoms with Crippen molar-refractivity contribution in [1.82, 2.24) is 9.38 Å². The van der Waals surface area contributed by atoms with Gasteiger partial charge in [0.2, 0.25) is 0 Å². The van der Waals surface area contributed by atoms with Gasteiger partial charge in [0.1, 0.15) is 5.65 Å². The maximum Gasteiger partial charge on any atom is 0.264 e. The molecule has 2 heterocycles. The average molecular weight is 419 g/mol. The SMILES string of the molecule is C=CC(=C)C.C=Cc1nc2c(C)c3/c(=C\C)cccc3c(=O)n2c1/C=C\C.CC.CC. The van der Waals surface area contributed by atoms with Crippen LogP contribution in [0.1, 0.15) is 65.4 Å². The maximum absolute atomic E-state index is 13.0. The van der Waals surface area contributed by atoms with E-state index in [9.17, 15) is 4.79 Å². The Morgan fingerprint density at radius 1 is 1.10 bits per heavy atom.